The lowest BCUT2D eigenvalue weighted by Crippen LogP contribution is -2.27. The Morgan fingerprint density at radius 2 is 2.20 bits per heavy atom. The maximum atomic E-state index is 11.1. The molecule has 86 valence electrons. The fraction of sp³-hybridized carbons (Fsp3) is 0.500. The monoisotopic (exact) mass is 250 g/mol. The highest BCUT2D eigenvalue weighted by Gasteiger charge is 2.23. The molecule has 0 bridgehead atoms. The summed E-state index contributed by atoms with van der Waals surface area (Å²) in [4.78, 5) is 2.30. The van der Waals surface area contributed by atoms with E-state index in [4.69, 9.17) is 0 Å². The Balaban J connectivity index is 0.000000980. The molecule has 0 unspecified atom stereocenters. The molecule has 0 aromatic carbocycles. The van der Waals surface area contributed by atoms with Gasteiger partial charge in [-0.25, -0.2) is 0 Å². The van der Waals surface area contributed by atoms with Crippen molar-refractivity contribution in [1.82, 2.24) is 4.90 Å². The van der Waals surface area contributed by atoms with Gasteiger partial charge >= 0.3 is 0 Å². The molecule has 3 nitrogen and oxygen atoms in total. The van der Waals surface area contributed by atoms with E-state index in [9.17, 15) is 5.21 Å². The van der Waals surface area contributed by atoms with E-state index in [2.05, 4.69) is 11.9 Å². The van der Waals surface area contributed by atoms with Crippen molar-refractivity contribution in [1.29, 1.82) is 0 Å². The van der Waals surface area contributed by atoms with Crippen molar-refractivity contribution in [3.05, 3.63) is 35.3 Å². The molecule has 2 heterocycles. The van der Waals surface area contributed by atoms with E-state index in [-0.39, 0.29) is 24.8 Å². The molecule has 0 amide bonds. The van der Waals surface area contributed by atoms with Crippen LogP contribution in [0, 0.1) is 5.21 Å². The first kappa shape index (κ1) is 14.5. The number of rotatable bonds is 1. The molecule has 0 spiro atoms. The fourth-order valence-corrected chi connectivity index (χ4v) is 2.00. The van der Waals surface area contributed by atoms with Crippen molar-refractivity contribution in [2.24, 2.45) is 0 Å². The average Bonchev–Trinajstić information content (AvgIpc) is 2.51. The Labute approximate surface area is 102 Å². The van der Waals surface area contributed by atoms with Crippen LogP contribution < -0.4 is 4.73 Å². The van der Waals surface area contributed by atoms with Crippen molar-refractivity contribution >= 4 is 24.8 Å². The molecule has 5 heteroatoms. The number of likely N-dealkylation sites (tertiary alicyclic amines) is 1. The molecule has 1 aliphatic rings. The molecule has 0 N–H and O–H groups in total. The minimum atomic E-state index is 0. The molecule has 1 aliphatic heterocycles. The third kappa shape index (κ3) is 3.23. The molecule has 0 aliphatic carbocycles. The molecule has 1 fully saturated rings. The number of hydrogen-bond acceptors (Lipinski definition) is 2. The largest absolute Gasteiger partial charge is 0.619 e. The number of nitrogens with zero attached hydrogens (tertiary/aromatic N) is 2. The van der Waals surface area contributed by atoms with E-state index >= 15 is 0 Å². The lowest BCUT2D eigenvalue weighted by atomic mass is 10.1. The summed E-state index contributed by atoms with van der Waals surface area (Å²) in [6.07, 6.45) is 5.60. The molecular formula is C10H16Cl2N2O. The Bertz CT molecular complexity index is 309. The quantitative estimate of drug-likeness (QED) is 0.564. The second-order valence-corrected chi connectivity index (χ2v) is 3.64. The van der Waals surface area contributed by atoms with Gasteiger partial charge in [-0.05, 0) is 32.5 Å². The summed E-state index contributed by atoms with van der Waals surface area (Å²) in [6, 6.07) is 4.29. The van der Waals surface area contributed by atoms with Crippen LogP contribution in [0.15, 0.2) is 24.5 Å². The minimum absolute atomic E-state index is 0. The fourth-order valence-electron chi connectivity index (χ4n) is 2.00. The van der Waals surface area contributed by atoms with Crippen LogP contribution >= 0.6 is 24.8 Å². The first-order valence-corrected chi connectivity index (χ1v) is 4.66. The lowest BCUT2D eigenvalue weighted by Gasteiger charge is -2.18. The maximum Gasteiger partial charge on any atom is 0.185 e. The summed E-state index contributed by atoms with van der Waals surface area (Å²) >= 11 is 0. The second-order valence-electron chi connectivity index (χ2n) is 3.64. The molecule has 0 saturated carbocycles. The SMILES string of the molecule is CN1CCC[C@@H]1c1ccc[n+]([O-])c1.Cl.Cl. The van der Waals surface area contributed by atoms with Gasteiger partial charge < -0.3 is 5.21 Å². The first-order chi connectivity index (χ1) is 6.27. The molecule has 1 saturated heterocycles. The Morgan fingerprint density at radius 3 is 2.73 bits per heavy atom. The normalized spacial score (nSPS) is 20.5. The number of halogens is 2. The van der Waals surface area contributed by atoms with Crippen molar-refractivity contribution in [2.45, 2.75) is 18.9 Å². The Morgan fingerprint density at radius 1 is 1.47 bits per heavy atom. The van der Waals surface area contributed by atoms with Gasteiger partial charge in [0, 0.05) is 17.7 Å². The van der Waals surface area contributed by atoms with Gasteiger partial charge in [-0.1, -0.05) is 0 Å². The van der Waals surface area contributed by atoms with E-state index in [1.807, 2.05) is 12.1 Å². The van der Waals surface area contributed by atoms with Crippen LogP contribution in [0.5, 0.6) is 0 Å². The minimum Gasteiger partial charge on any atom is -0.619 e. The van der Waals surface area contributed by atoms with Gasteiger partial charge in [-0.3, -0.25) is 4.90 Å². The van der Waals surface area contributed by atoms with Gasteiger partial charge in [0.15, 0.2) is 12.4 Å². The van der Waals surface area contributed by atoms with Crippen molar-refractivity contribution in [2.75, 3.05) is 13.6 Å². The zero-order chi connectivity index (χ0) is 9.26. The van der Waals surface area contributed by atoms with E-state index in [0.29, 0.717) is 6.04 Å². The van der Waals surface area contributed by atoms with E-state index in [1.165, 1.54) is 19.0 Å². The van der Waals surface area contributed by atoms with Gasteiger partial charge in [-0.15, -0.1) is 24.8 Å². The van der Waals surface area contributed by atoms with E-state index in [1.54, 1.807) is 6.20 Å². The molecule has 1 aromatic heterocycles. The van der Waals surface area contributed by atoms with Crippen molar-refractivity contribution in [3.63, 3.8) is 0 Å². The van der Waals surface area contributed by atoms with Gasteiger partial charge in [0.05, 0.1) is 0 Å². The predicted octanol–water partition coefficient (Wildman–Crippen LogP) is 1.93. The Kier molecular flexibility index (Phi) is 5.95. The van der Waals surface area contributed by atoms with Crippen LogP contribution in [0.25, 0.3) is 0 Å². The van der Waals surface area contributed by atoms with Gasteiger partial charge in [0.1, 0.15) is 0 Å². The van der Waals surface area contributed by atoms with Crippen LogP contribution in [-0.4, -0.2) is 18.5 Å². The van der Waals surface area contributed by atoms with Crippen molar-refractivity contribution < 1.29 is 4.73 Å². The topological polar surface area (TPSA) is 30.2 Å². The smallest absolute Gasteiger partial charge is 0.185 e. The van der Waals surface area contributed by atoms with Gasteiger partial charge in [0.25, 0.3) is 0 Å². The van der Waals surface area contributed by atoms with Crippen molar-refractivity contribution in [3.8, 4) is 0 Å². The predicted molar refractivity (Wildman–Crippen MR) is 64.5 cm³/mol. The molecule has 1 aromatic rings. The lowest BCUT2D eigenvalue weighted by molar-refractivity contribution is -0.606. The van der Waals surface area contributed by atoms with Gasteiger partial charge in [-0.2, -0.15) is 4.73 Å². The highest BCUT2D eigenvalue weighted by atomic mass is 35.5. The van der Waals surface area contributed by atoms with Crippen LogP contribution in [-0.2, 0) is 0 Å². The average molecular weight is 251 g/mol. The Hall–Kier alpha value is -0.510. The molecule has 15 heavy (non-hydrogen) atoms. The van der Waals surface area contributed by atoms with E-state index in [0.717, 1.165) is 16.8 Å². The number of pyridine rings is 1. The highest BCUT2D eigenvalue weighted by Crippen LogP contribution is 2.28. The van der Waals surface area contributed by atoms with Crippen LogP contribution in [0.4, 0.5) is 0 Å². The first-order valence-electron chi connectivity index (χ1n) is 4.66. The van der Waals surface area contributed by atoms with Crippen LogP contribution in [0.3, 0.4) is 0 Å². The third-order valence-corrected chi connectivity index (χ3v) is 2.70. The zero-order valence-electron chi connectivity index (χ0n) is 8.63. The van der Waals surface area contributed by atoms with E-state index < -0.39 is 0 Å². The third-order valence-electron chi connectivity index (χ3n) is 2.70. The summed E-state index contributed by atoms with van der Waals surface area (Å²) in [5.74, 6) is 0. The number of aromatic nitrogens is 1. The van der Waals surface area contributed by atoms with Crippen LogP contribution in [0.1, 0.15) is 24.4 Å². The maximum absolute atomic E-state index is 11.1. The highest BCUT2D eigenvalue weighted by molar-refractivity contribution is 5.85. The van der Waals surface area contributed by atoms with Gasteiger partial charge in [0.2, 0.25) is 0 Å². The molecule has 0 radical (unpaired) electrons. The summed E-state index contributed by atoms with van der Waals surface area (Å²) in [7, 11) is 2.11. The summed E-state index contributed by atoms with van der Waals surface area (Å²) in [5.41, 5.74) is 1.14. The summed E-state index contributed by atoms with van der Waals surface area (Å²) < 4.78 is 0.876. The molecule has 1 atom stereocenters. The summed E-state index contributed by atoms with van der Waals surface area (Å²) in [5, 5.41) is 11.1. The standard InChI is InChI=1S/C10H14N2O.2ClH/c1-11-6-3-5-10(11)9-4-2-7-12(13)8-9;;/h2,4,7-8,10H,3,5-6H2,1H3;2*1H/t10-;;/m1../s1. The molecular weight excluding hydrogens is 235 g/mol. The zero-order valence-corrected chi connectivity index (χ0v) is 10.3. The summed E-state index contributed by atoms with van der Waals surface area (Å²) in [6.45, 7) is 1.14. The van der Waals surface area contributed by atoms with Crippen LogP contribution in [0.2, 0.25) is 0 Å². The number of hydrogen-bond donors (Lipinski definition) is 0. The second kappa shape index (κ2) is 6.16. The molecule has 2 rings (SSSR count).